The molecule has 0 saturated carbocycles. The van der Waals surface area contributed by atoms with E-state index in [0.717, 1.165) is 23.1 Å². The van der Waals surface area contributed by atoms with Crippen LogP contribution in [0, 0.1) is 0 Å². The molecule has 0 radical (unpaired) electrons. The van der Waals surface area contributed by atoms with Crippen molar-refractivity contribution >= 4 is 27.7 Å². The number of methoxy groups -OCH3 is 1. The lowest BCUT2D eigenvalue weighted by Gasteiger charge is -2.31. The van der Waals surface area contributed by atoms with E-state index in [1.807, 2.05) is 23.9 Å². The molecule has 0 aromatic heterocycles. The zero-order valence-electron chi connectivity index (χ0n) is 11.9. The number of nitrogens with two attached hydrogens (primary N) is 1. The first-order valence-corrected chi connectivity index (χ1v) is 8.70. The van der Waals surface area contributed by atoms with Gasteiger partial charge in [0.25, 0.3) is 0 Å². The maximum absolute atomic E-state index is 6.50. The summed E-state index contributed by atoms with van der Waals surface area (Å²) in [6, 6.07) is 14.6. The van der Waals surface area contributed by atoms with E-state index >= 15 is 0 Å². The number of benzene rings is 2. The first-order valence-electron chi connectivity index (χ1n) is 7.02. The minimum absolute atomic E-state index is 0.0664. The van der Waals surface area contributed by atoms with Gasteiger partial charge in [-0.3, -0.25) is 0 Å². The van der Waals surface area contributed by atoms with Gasteiger partial charge in [-0.05, 0) is 64.2 Å². The minimum atomic E-state index is 0.0664. The van der Waals surface area contributed by atoms with E-state index in [-0.39, 0.29) is 6.04 Å². The number of ether oxygens (including phenoxy) is 1. The van der Waals surface area contributed by atoms with E-state index in [1.54, 1.807) is 7.11 Å². The van der Waals surface area contributed by atoms with Gasteiger partial charge in [-0.15, -0.1) is 11.8 Å². The molecule has 1 aliphatic rings. The van der Waals surface area contributed by atoms with Crippen LogP contribution in [0.5, 0.6) is 5.75 Å². The Hall–Kier alpha value is -0.970. The molecule has 2 aromatic rings. The molecular formula is C17H18BrNOS. The second-order valence-corrected chi connectivity index (χ2v) is 7.35. The highest BCUT2D eigenvalue weighted by Gasteiger charge is 2.28. The van der Waals surface area contributed by atoms with Gasteiger partial charge in [0.1, 0.15) is 5.75 Å². The molecule has 3 rings (SSSR count). The first kappa shape index (κ1) is 14.9. The lowest BCUT2D eigenvalue weighted by Crippen LogP contribution is -2.29. The number of hydrogen-bond donors (Lipinski definition) is 1. The summed E-state index contributed by atoms with van der Waals surface area (Å²) in [4.78, 5) is 1.26. The summed E-state index contributed by atoms with van der Waals surface area (Å²) in [5, 5.41) is 0.407. The van der Waals surface area contributed by atoms with Crippen molar-refractivity contribution in [2.75, 3.05) is 7.11 Å². The number of rotatable bonds is 3. The quantitative estimate of drug-likeness (QED) is 0.867. The lowest BCUT2D eigenvalue weighted by atomic mass is 9.87. The van der Waals surface area contributed by atoms with Crippen LogP contribution in [0.2, 0.25) is 0 Å². The van der Waals surface area contributed by atoms with Crippen LogP contribution in [0.15, 0.2) is 51.8 Å². The molecular weight excluding hydrogens is 346 g/mol. The fraction of sp³-hybridized carbons (Fsp3) is 0.294. The van der Waals surface area contributed by atoms with E-state index in [4.69, 9.17) is 10.5 Å². The van der Waals surface area contributed by atoms with Crippen molar-refractivity contribution in [2.45, 2.75) is 29.0 Å². The molecule has 2 atom stereocenters. The fourth-order valence-corrected chi connectivity index (χ4v) is 4.52. The van der Waals surface area contributed by atoms with Gasteiger partial charge in [-0.2, -0.15) is 0 Å². The molecule has 0 saturated heterocycles. The summed E-state index contributed by atoms with van der Waals surface area (Å²) in [5.41, 5.74) is 9.08. The van der Waals surface area contributed by atoms with Crippen LogP contribution in [-0.4, -0.2) is 12.4 Å². The van der Waals surface area contributed by atoms with Gasteiger partial charge in [0.2, 0.25) is 0 Å². The van der Waals surface area contributed by atoms with E-state index in [1.165, 1.54) is 16.0 Å². The van der Waals surface area contributed by atoms with E-state index < -0.39 is 0 Å². The largest absolute Gasteiger partial charge is 0.497 e. The van der Waals surface area contributed by atoms with Crippen LogP contribution in [0.4, 0.5) is 0 Å². The van der Waals surface area contributed by atoms with Gasteiger partial charge in [0.15, 0.2) is 0 Å². The summed E-state index contributed by atoms with van der Waals surface area (Å²) in [6.07, 6.45) is 2.15. The fourth-order valence-electron chi connectivity index (χ4n) is 2.76. The molecule has 0 fully saturated rings. The van der Waals surface area contributed by atoms with Gasteiger partial charge in [-0.25, -0.2) is 0 Å². The van der Waals surface area contributed by atoms with Crippen molar-refractivity contribution in [1.82, 2.24) is 0 Å². The predicted octanol–water partition coefficient (Wildman–Crippen LogP) is 4.56. The Morgan fingerprint density at radius 1 is 1.24 bits per heavy atom. The maximum Gasteiger partial charge on any atom is 0.119 e. The second-order valence-electron chi connectivity index (χ2n) is 5.22. The third-order valence-electron chi connectivity index (χ3n) is 3.92. The monoisotopic (exact) mass is 363 g/mol. The maximum atomic E-state index is 6.50. The molecule has 0 aliphatic heterocycles. The Bertz CT molecular complexity index is 646. The molecule has 2 nitrogen and oxygen atoms in total. The van der Waals surface area contributed by atoms with Gasteiger partial charge >= 0.3 is 0 Å². The molecule has 1 aliphatic carbocycles. The lowest BCUT2D eigenvalue weighted by molar-refractivity contribution is 0.413. The Morgan fingerprint density at radius 2 is 2.05 bits per heavy atom. The van der Waals surface area contributed by atoms with E-state index in [2.05, 4.69) is 46.3 Å². The molecule has 4 heteroatoms. The van der Waals surface area contributed by atoms with Crippen molar-refractivity contribution in [3.05, 3.63) is 58.1 Å². The summed E-state index contributed by atoms with van der Waals surface area (Å²) in [6.45, 7) is 0. The summed E-state index contributed by atoms with van der Waals surface area (Å²) in [5.74, 6) is 0.915. The highest BCUT2D eigenvalue weighted by atomic mass is 79.9. The number of halogens is 1. The molecule has 2 aromatic carbocycles. The van der Waals surface area contributed by atoms with Crippen LogP contribution < -0.4 is 10.5 Å². The SMILES string of the molecule is COc1ccc2c(c1)CCC(Sc1ccccc1Br)C2N. The van der Waals surface area contributed by atoms with Crippen molar-refractivity contribution in [3.8, 4) is 5.75 Å². The van der Waals surface area contributed by atoms with E-state index in [9.17, 15) is 0 Å². The molecule has 2 unspecified atom stereocenters. The van der Waals surface area contributed by atoms with Crippen LogP contribution in [-0.2, 0) is 6.42 Å². The topological polar surface area (TPSA) is 35.2 Å². The molecule has 0 spiro atoms. The average molecular weight is 364 g/mol. The first-order chi connectivity index (χ1) is 10.2. The summed E-state index contributed by atoms with van der Waals surface area (Å²) < 4.78 is 6.44. The van der Waals surface area contributed by atoms with Crippen LogP contribution in [0.25, 0.3) is 0 Å². The third-order valence-corrected chi connectivity index (χ3v) is 6.32. The Kier molecular flexibility index (Phi) is 4.57. The predicted molar refractivity (Wildman–Crippen MR) is 92.0 cm³/mol. The third kappa shape index (κ3) is 3.12. The molecule has 2 N–H and O–H groups in total. The van der Waals surface area contributed by atoms with Crippen molar-refractivity contribution in [2.24, 2.45) is 5.73 Å². The molecule has 21 heavy (non-hydrogen) atoms. The Balaban J connectivity index is 1.82. The normalized spacial score (nSPS) is 20.9. The second kappa shape index (κ2) is 6.42. The summed E-state index contributed by atoms with van der Waals surface area (Å²) in [7, 11) is 1.70. The smallest absolute Gasteiger partial charge is 0.119 e. The van der Waals surface area contributed by atoms with E-state index in [0.29, 0.717) is 5.25 Å². The number of fused-ring (bicyclic) bond motifs is 1. The van der Waals surface area contributed by atoms with Crippen molar-refractivity contribution in [3.63, 3.8) is 0 Å². The van der Waals surface area contributed by atoms with Gasteiger partial charge in [0.05, 0.1) is 7.11 Å². The van der Waals surface area contributed by atoms with Crippen molar-refractivity contribution in [1.29, 1.82) is 0 Å². The zero-order valence-corrected chi connectivity index (χ0v) is 14.3. The molecule has 110 valence electrons. The Morgan fingerprint density at radius 3 is 2.81 bits per heavy atom. The molecule has 0 heterocycles. The molecule has 0 amide bonds. The van der Waals surface area contributed by atoms with Gasteiger partial charge < -0.3 is 10.5 Å². The highest BCUT2D eigenvalue weighted by Crippen LogP contribution is 2.41. The van der Waals surface area contributed by atoms with Gasteiger partial charge in [0, 0.05) is 20.7 Å². The average Bonchev–Trinajstić information content (AvgIpc) is 2.51. The number of aryl methyl sites for hydroxylation is 1. The molecule has 0 bridgehead atoms. The minimum Gasteiger partial charge on any atom is -0.497 e. The summed E-state index contributed by atoms with van der Waals surface area (Å²) >= 11 is 5.49. The van der Waals surface area contributed by atoms with Crippen LogP contribution in [0.3, 0.4) is 0 Å². The Labute approximate surface area is 138 Å². The van der Waals surface area contributed by atoms with Crippen LogP contribution in [0.1, 0.15) is 23.6 Å². The standard InChI is InChI=1S/C17H18BrNOS/c1-20-12-7-8-13-11(10-12)6-9-16(17(13)19)21-15-5-3-2-4-14(15)18/h2-5,7-8,10,16-17H,6,9,19H2,1H3. The van der Waals surface area contributed by atoms with Crippen molar-refractivity contribution < 1.29 is 4.74 Å². The van der Waals surface area contributed by atoms with Gasteiger partial charge in [-0.1, -0.05) is 18.2 Å². The van der Waals surface area contributed by atoms with Crippen LogP contribution >= 0.6 is 27.7 Å². The number of hydrogen-bond acceptors (Lipinski definition) is 3. The number of thioether (sulfide) groups is 1. The zero-order chi connectivity index (χ0) is 14.8. The highest BCUT2D eigenvalue weighted by molar-refractivity contribution is 9.10.